The first-order valence-electron chi connectivity index (χ1n) is 4.98. The third-order valence-corrected chi connectivity index (χ3v) is 2.71. The second-order valence-corrected chi connectivity index (χ2v) is 3.65. The number of amides is 2. The minimum Gasteiger partial charge on any atom is -0.336 e. The van der Waals surface area contributed by atoms with Crippen LogP contribution in [0.4, 0.5) is 9.18 Å². The number of carbonyl (C=O) groups excluding carboxylic acids is 1. The summed E-state index contributed by atoms with van der Waals surface area (Å²) in [6, 6.07) is 6.21. The van der Waals surface area contributed by atoms with Crippen molar-refractivity contribution in [1.82, 2.24) is 10.2 Å². The van der Waals surface area contributed by atoms with Crippen LogP contribution in [0.2, 0.25) is 0 Å². The van der Waals surface area contributed by atoms with Crippen LogP contribution in [0.1, 0.15) is 18.5 Å². The lowest BCUT2D eigenvalue weighted by Gasteiger charge is -2.23. The lowest BCUT2D eigenvalue weighted by molar-refractivity contribution is 0.202. The molecule has 1 aromatic rings. The molecule has 3 nitrogen and oxygen atoms in total. The molecule has 0 aromatic heterocycles. The third kappa shape index (κ3) is 1.93. The molecule has 1 heterocycles. The molecule has 1 saturated heterocycles. The first-order chi connectivity index (χ1) is 7.18. The van der Waals surface area contributed by atoms with Gasteiger partial charge in [-0.2, -0.15) is 0 Å². The zero-order valence-electron chi connectivity index (χ0n) is 8.53. The molecule has 80 valence electrons. The van der Waals surface area contributed by atoms with E-state index in [2.05, 4.69) is 5.32 Å². The van der Waals surface area contributed by atoms with Crippen LogP contribution >= 0.6 is 0 Å². The number of rotatable bonds is 2. The van der Waals surface area contributed by atoms with Crippen molar-refractivity contribution in [1.29, 1.82) is 0 Å². The van der Waals surface area contributed by atoms with Crippen molar-refractivity contribution < 1.29 is 9.18 Å². The Morgan fingerprint density at radius 3 is 2.60 bits per heavy atom. The fourth-order valence-electron chi connectivity index (χ4n) is 1.78. The Balaban J connectivity index is 2.16. The quantitative estimate of drug-likeness (QED) is 0.791. The van der Waals surface area contributed by atoms with E-state index in [4.69, 9.17) is 0 Å². The zero-order chi connectivity index (χ0) is 10.8. The molecule has 15 heavy (non-hydrogen) atoms. The monoisotopic (exact) mass is 208 g/mol. The average Bonchev–Trinajstić information content (AvgIpc) is 2.65. The fourth-order valence-corrected chi connectivity index (χ4v) is 1.78. The predicted octanol–water partition coefficient (Wildman–Crippen LogP) is 1.91. The molecule has 0 spiro atoms. The van der Waals surface area contributed by atoms with Crippen molar-refractivity contribution in [3.63, 3.8) is 0 Å². The van der Waals surface area contributed by atoms with Crippen LogP contribution < -0.4 is 5.32 Å². The smallest absolute Gasteiger partial charge is 0.318 e. The molecular weight excluding hydrogens is 195 g/mol. The molecular formula is C11H13FN2O. The van der Waals surface area contributed by atoms with Gasteiger partial charge in [0.15, 0.2) is 0 Å². The molecule has 2 rings (SSSR count). The summed E-state index contributed by atoms with van der Waals surface area (Å²) in [5.74, 6) is -0.253. The van der Waals surface area contributed by atoms with E-state index in [1.54, 1.807) is 17.0 Å². The van der Waals surface area contributed by atoms with Crippen molar-refractivity contribution in [2.75, 3.05) is 13.1 Å². The summed E-state index contributed by atoms with van der Waals surface area (Å²) in [5.41, 5.74) is 0.952. The van der Waals surface area contributed by atoms with Crippen LogP contribution in [0.5, 0.6) is 0 Å². The van der Waals surface area contributed by atoms with E-state index in [1.807, 2.05) is 6.92 Å². The summed E-state index contributed by atoms with van der Waals surface area (Å²) in [7, 11) is 0. The highest BCUT2D eigenvalue weighted by atomic mass is 19.1. The van der Waals surface area contributed by atoms with Gasteiger partial charge in [0.1, 0.15) is 5.82 Å². The summed E-state index contributed by atoms with van der Waals surface area (Å²) in [5, 5.41) is 2.74. The molecule has 2 amide bonds. The summed E-state index contributed by atoms with van der Waals surface area (Å²) in [4.78, 5) is 13.1. The van der Waals surface area contributed by atoms with Crippen molar-refractivity contribution in [3.05, 3.63) is 35.6 Å². The highest BCUT2D eigenvalue weighted by Gasteiger charge is 2.25. The zero-order valence-corrected chi connectivity index (χ0v) is 8.53. The van der Waals surface area contributed by atoms with Gasteiger partial charge in [-0.1, -0.05) is 12.1 Å². The molecule has 0 radical (unpaired) electrons. The number of nitrogens with zero attached hydrogens (tertiary/aromatic N) is 1. The largest absolute Gasteiger partial charge is 0.336 e. The van der Waals surface area contributed by atoms with Gasteiger partial charge in [-0.15, -0.1) is 0 Å². The normalized spacial score (nSPS) is 17.7. The second kappa shape index (κ2) is 3.88. The maximum Gasteiger partial charge on any atom is 0.318 e. The van der Waals surface area contributed by atoms with Gasteiger partial charge in [-0.3, -0.25) is 0 Å². The number of nitrogens with one attached hydrogen (secondary N) is 1. The van der Waals surface area contributed by atoms with Crippen molar-refractivity contribution >= 4 is 6.03 Å². The highest BCUT2D eigenvalue weighted by Crippen LogP contribution is 2.21. The third-order valence-electron chi connectivity index (χ3n) is 2.71. The maximum atomic E-state index is 12.7. The van der Waals surface area contributed by atoms with Gasteiger partial charge in [0.25, 0.3) is 0 Å². The van der Waals surface area contributed by atoms with Crippen LogP contribution in [0.25, 0.3) is 0 Å². The minimum atomic E-state index is -0.253. The molecule has 1 aliphatic rings. The average molecular weight is 208 g/mol. The minimum absolute atomic E-state index is 0.00639. The Hall–Kier alpha value is -1.58. The standard InChI is InChI=1S/C11H13FN2O/c1-8(14-7-6-13-11(14)15)9-2-4-10(12)5-3-9/h2-5,8H,6-7H2,1H3,(H,13,15). The molecule has 1 aromatic carbocycles. The molecule has 0 aliphatic carbocycles. The van der Waals surface area contributed by atoms with Crippen LogP contribution in [0, 0.1) is 5.82 Å². The molecule has 1 N–H and O–H groups in total. The van der Waals surface area contributed by atoms with Crippen molar-refractivity contribution in [2.45, 2.75) is 13.0 Å². The highest BCUT2D eigenvalue weighted by molar-refractivity contribution is 5.76. The van der Waals surface area contributed by atoms with Crippen LogP contribution in [-0.2, 0) is 0 Å². The van der Waals surface area contributed by atoms with Crippen molar-refractivity contribution in [2.24, 2.45) is 0 Å². The van der Waals surface area contributed by atoms with E-state index in [1.165, 1.54) is 12.1 Å². The number of urea groups is 1. The Kier molecular flexibility index (Phi) is 2.58. The summed E-state index contributed by atoms with van der Waals surface area (Å²) < 4.78 is 12.7. The maximum absolute atomic E-state index is 12.7. The van der Waals surface area contributed by atoms with E-state index in [0.717, 1.165) is 5.56 Å². The molecule has 0 bridgehead atoms. The second-order valence-electron chi connectivity index (χ2n) is 3.65. The topological polar surface area (TPSA) is 32.3 Å². The number of hydrogen-bond donors (Lipinski definition) is 1. The Morgan fingerprint density at radius 2 is 2.07 bits per heavy atom. The number of hydrogen-bond acceptors (Lipinski definition) is 1. The summed E-state index contributed by atoms with van der Waals surface area (Å²) in [6.07, 6.45) is 0. The predicted molar refractivity (Wildman–Crippen MR) is 54.9 cm³/mol. The van der Waals surface area contributed by atoms with Gasteiger partial charge in [-0.05, 0) is 24.6 Å². The lowest BCUT2D eigenvalue weighted by atomic mass is 10.1. The number of carbonyl (C=O) groups is 1. The van der Waals surface area contributed by atoms with Gasteiger partial charge >= 0.3 is 6.03 Å². The lowest BCUT2D eigenvalue weighted by Crippen LogP contribution is -2.30. The molecule has 0 saturated carbocycles. The van der Waals surface area contributed by atoms with Gasteiger partial charge in [0, 0.05) is 13.1 Å². The molecule has 1 atom stereocenters. The van der Waals surface area contributed by atoms with E-state index >= 15 is 0 Å². The van der Waals surface area contributed by atoms with Crippen molar-refractivity contribution in [3.8, 4) is 0 Å². The Labute approximate surface area is 87.9 Å². The van der Waals surface area contributed by atoms with E-state index in [0.29, 0.717) is 13.1 Å². The fraction of sp³-hybridized carbons (Fsp3) is 0.364. The van der Waals surface area contributed by atoms with Crippen LogP contribution in [-0.4, -0.2) is 24.0 Å². The summed E-state index contributed by atoms with van der Waals surface area (Å²) in [6.45, 7) is 3.33. The molecule has 4 heteroatoms. The number of benzene rings is 1. The number of halogens is 1. The van der Waals surface area contributed by atoms with Crippen LogP contribution in [0.15, 0.2) is 24.3 Å². The van der Waals surface area contributed by atoms with E-state index in [9.17, 15) is 9.18 Å². The first kappa shape index (κ1) is 9.96. The van der Waals surface area contributed by atoms with E-state index in [-0.39, 0.29) is 17.9 Å². The van der Waals surface area contributed by atoms with Gasteiger partial charge < -0.3 is 10.2 Å². The SMILES string of the molecule is CC(c1ccc(F)cc1)N1CCNC1=O. The molecule has 1 aliphatic heterocycles. The van der Waals surface area contributed by atoms with Gasteiger partial charge in [0.05, 0.1) is 6.04 Å². The Morgan fingerprint density at radius 1 is 1.40 bits per heavy atom. The Bertz CT molecular complexity index is 363. The molecule has 1 unspecified atom stereocenters. The van der Waals surface area contributed by atoms with Crippen LogP contribution in [0.3, 0.4) is 0 Å². The first-order valence-corrected chi connectivity index (χ1v) is 4.98. The van der Waals surface area contributed by atoms with Gasteiger partial charge in [0.2, 0.25) is 0 Å². The van der Waals surface area contributed by atoms with E-state index < -0.39 is 0 Å². The molecule has 1 fully saturated rings. The summed E-state index contributed by atoms with van der Waals surface area (Å²) >= 11 is 0. The van der Waals surface area contributed by atoms with Gasteiger partial charge in [-0.25, -0.2) is 9.18 Å².